The number of amides is 1. The van der Waals surface area contributed by atoms with Crippen LogP contribution in [-0.4, -0.2) is 28.7 Å². The normalized spacial score (nSPS) is 10.1. The second kappa shape index (κ2) is 7.31. The number of phenolic OH excluding ortho intramolecular Hbond substituents is 2. The third-order valence-electron chi connectivity index (χ3n) is 3.15. The molecule has 0 aliphatic rings. The topological polar surface area (TPSA) is 95.9 Å². The number of phenols is 2. The van der Waals surface area contributed by atoms with Gasteiger partial charge in [0.15, 0.2) is 6.61 Å². The van der Waals surface area contributed by atoms with Crippen molar-refractivity contribution in [2.45, 2.75) is 13.3 Å². The van der Waals surface area contributed by atoms with Gasteiger partial charge in [-0.15, -0.1) is 0 Å². The van der Waals surface area contributed by atoms with E-state index in [9.17, 15) is 14.7 Å². The zero-order chi connectivity index (χ0) is 16.8. The van der Waals surface area contributed by atoms with Crippen LogP contribution in [0.25, 0.3) is 0 Å². The molecule has 120 valence electrons. The molecule has 0 atom stereocenters. The summed E-state index contributed by atoms with van der Waals surface area (Å²) in [5, 5.41) is 21.4. The lowest BCUT2D eigenvalue weighted by atomic mass is 10.1. The summed E-state index contributed by atoms with van der Waals surface area (Å²) in [4.78, 5) is 23.6. The van der Waals surface area contributed by atoms with Crippen LogP contribution in [0.15, 0.2) is 42.5 Å². The van der Waals surface area contributed by atoms with Crippen LogP contribution in [0, 0.1) is 0 Å². The van der Waals surface area contributed by atoms with Crippen LogP contribution in [0.3, 0.4) is 0 Å². The minimum atomic E-state index is -0.847. The smallest absolute Gasteiger partial charge is 0.342 e. The van der Waals surface area contributed by atoms with E-state index < -0.39 is 24.2 Å². The molecular weight excluding hydrogens is 298 g/mol. The molecule has 0 saturated carbocycles. The van der Waals surface area contributed by atoms with Gasteiger partial charge in [0, 0.05) is 11.8 Å². The summed E-state index contributed by atoms with van der Waals surface area (Å²) in [6.45, 7) is 1.53. The number of hydrogen-bond donors (Lipinski definition) is 3. The van der Waals surface area contributed by atoms with E-state index in [0.29, 0.717) is 5.69 Å². The molecule has 23 heavy (non-hydrogen) atoms. The van der Waals surface area contributed by atoms with Gasteiger partial charge in [0.05, 0.1) is 0 Å². The van der Waals surface area contributed by atoms with Crippen LogP contribution in [0.2, 0.25) is 0 Å². The van der Waals surface area contributed by atoms with Gasteiger partial charge in [0.1, 0.15) is 17.1 Å². The fourth-order valence-corrected chi connectivity index (χ4v) is 1.97. The maximum atomic E-state index is 11.8. The lowest BCUT2D eigenvalue weighted by molar-refractivity contribution is -0.119. The van der Waals surface area contributed by atoms with E-state index in [-0.39, 0.29) is 11.3 Å². The predicted octanol–water partition coefficient (Wildman–Crippen LogP) is 2.46. The summed E-state index contributed by atoms with van der Waals surface area (Å²) >= 11 is 0. The number of esters is 1. The predicted molar refractivity (Wildman–Crippen MR) is 84.5 cm³/mol. The summed E-state index contributed by atoms with van der Waals surface area (Å²) < 4.78 is 4.85. The average Bonchev–Trinajstić information content (AvgIpc) is 2.53. The van der Waals surface area contributed by atoms with Crippen LogP contribution in [0.5, 0.6) is 11.5 Å². The van der Waals surface area contributed by atoms with Crippen LogP contribution in [-0.2, 0) is 16.0 Å². The Morgan fingerprint density at radius 1 is 1.13 bits per heavy atom. The van der Waals surface area contributed by atoms with E-state index in [1.165, 1.54) is 12.1 Å². The SMILES string of the molecule is CCc1cccc(NC(=O)COC(=O)c2ccc(O)cc2O)c1. The van der Waals surface area contributed by atoms with Gasteiger partial charge in [-0.2, -0.15) is 0 Å². The van der Waals surface area contributed by atoms with Gasteiger partial charge in [0.2, 0.25) is 0 Å². The Kier molecular flexibility index (Phi) is 5.19. The van der Waals surface area contributed by atoms with E-state index in [1.54, 1.807) is 6.07 Å². The summed E-state index contributed by atoms with van der Waals surface area (Å²) in [7, 11) is 0. The fraction of sp³-hybridized carbons (Fsp3) is 0.176. The van der Waals surface area contributed by atoms with Crippen molar-refractivity contribution >= 4 is 17.6 Å². The Balaban J connectivity index is 1.92. The average molecular weight is 315 g/mol. The molecule has 2 aromatic rings. The van der Waals surface area contributed by atoms with Crippen molar-refractivity contribution in [3.05, 3.63) is 53.6 Å². The van der Waals surface area contributed by atoms with Crippen LogP contribution in [0.1, 0.15) is 22.8 Å². The highest BCUT2D eigenvalue weighted by atomic mass is 16.5. The molecule has 0 unspecified atom stereocenters. The van der Waals surface area contributed by atoms with Crippen LogP contribution < -0.4 is 5.32 Å². The Morgan fingerprint density at radius 2 is 1.91 bits per heavy atom. The third kappa shape index (κ3) is 4.47. The molecule has 3 N–H and O–H groups in total. The molecule has 0 fully saturated rings. The van der Waals surface area contributed by atoms with Crippen LogP contribution in [0.4, 0.5) is 5.69 Å². The number of ether oxygens (including phenoxy) is 1. The van der Waals surface area contributed by atoms with Crippen molar-refractivity contribution in [1.82, 2.24) is 0 Å². The maximum absolute atomic E-state index is 11.8. The first-order chi connectivity index (χ1) is 11.0. The van der Waals surface area contributed by atoms with Crippen molar-refractivity contribution < 1.29 is 24.5 Å². The minimum Gasteiger partial charge on any atom is -0.508 e. The summed E-state index contributed by atoms with van der Waals surface area (Å²) in [5.41, 5.74) is 1.58. The minimum absolute atomic E-state index is 0.122. The zero-order valence-electron chi connectivity index (χ0n) is 12.6. The van der Waals surface area contributed by atoms with Gasteiger partial charge < -0.3 is 20.3 Å². The van der Waals surface area contributed by atoms with Gasteiger partial charge >= 0.3 is 5.97 Å². The van der Waals surface area contributed by atoms with Gasteiger partial charge in [-0.1, -0.05) is 19.1 Å². The molecule has 0 bridgehead atoms. The van der Waals surface area contributed by atoms with Gasteiger partial charge in [-0.05, 0) is 36.2 Å². The molecule has 0 aliphatic heterocycles. The van der Waals surface area contributed by atoms with E-state index in [2.05, 4.69) is 5.32 Å². The lowest BCUT2D eigenvalue weighted by Gasteiger charge is -2.08. The summed E-state index contributed by atoms with van der Waals surface area (Å²) in [5.74, 6) is -1.91. The number of anilines is 1. The molecule has 2 aromatic carbocycles. The number of rotatable bonds is 5. The highest BCUT2D eigenvalue weighted by Gasteiger charge is 2.15. The first-order valence-electron chi connectivity index (χ1n) is 7.07. The molecule has 2 rings (SSSR count). The monoisotopic (exact) mass is 315 g/mol. The second-order valence-corrected chi connectivity index (χ2v) is 4.88. The van der Waals surface area contributed by atoms with Gasteiger partial charge in [-0.25, -0.2) is 4.79 Å². The molecule has 6 nitrogen and oxygen atoms in total. The molecular formula is C17H17NO5. The molecule has 0 saturated heterocycles. The highest BCUT2D eigenvalue weighted by Crippen LogP contribution is 2.23. The van der Waals surface area contributed by atoms with Gasteiger partial charge in [-0.3, -0.25) is 4.79 Å². The maximum Gasteiger partial charge on any atom is 0.342 e. The third-order valence-corrected chi connectivity index (χ3v) is 3.15. The van der Waals surface area contributed by atoms with Crippen molar-refractivity contribution in [3.8, 4) is 11.5 Å². The van der Waals surface area contributed by atoms with E-state index in [0.717, 1.165) is 18.1 Å². The van der Waals surface area contributed by atoms with Crippen molar-refractivity contribution in [3.63, 3.8) is 0 Å². The number of aromatic hydroxyl groups is 2. The summed E-state index contributed by atoms with van der Waals surface area (Å²) in [6, 6.07) is 10.8. The fourth-order valence-electron chi connectivity index (χ4n) is 1.97. The largest absolute Gasteiger partial charge is 0.508 e. The van der Waals surface area contributed by atoms with Crippen molar-refractivity contribution in [1.29, 1.82) is 0 Å². The number of nitrogens with one attached hydrogen (secondary N) is 1. The number of benzene rings is 2. The Labute approximate surface area is 133 Å². The molecule has 1 amide bonds. The molecule has 0 aliphatic carbocycles. The highest BCUT2D eigenvalue weighted by molar-refractivity contribution is 5.96. The van der Waals surface area contributed by atoms with Crippen molar-refractivity contribution in [2.75, 3.05) is 11.9 Å². The van der Waals surface area contributed by atoms with Crippen LogP contribution >= 0.6 is 0 Å². The quantitative estimate of drug-likeness (QED) is 0.737. The van der Waals surface area contributed by atoms with E-state index in [4.69, 9.17) is 9.84 Å². The Hall–Kier alpha value is -3.02. The summed E-state index contributed by atoms with van der Waals surface area (Å²) in [6.07, 6.45) is 0.846. The van der Waals surface area contributed by atoms with E-state index >= 15 is 0 Å². The molecule has 0 spiro atoms. The van der Waals surface area contributed by atoms with Crippen molar-refractivity contribution in [2.24, 2.45) is 0 Å². The standard InChI is InChI=1S/C17H17NO5/c1-2-11-4-3-5-12(8-11)18-16(21)10-23-17(22)14-7-6-13(19)9-15(14)20/h3-9,19-20H,2,10H2,1H3,(H,18,21). The van der Waals surface area contributed by atoms with Gasteiger partial charge in [0.25, 0.3) is 5.91 Å². The number of hydrogen-bond acceptors (Lipinski definition) is 5. The second-order valence-electron chi connectivity index (χ2n) is 4.88. The number of aryl methyl sites for hydroxylation is 1. The first kappa shape index (κ1) is 16.4. The molecule has 0 radical (unpaired) electrons. The molecule has 0 heterocycles. The Bertz CT molecular complexity index is 727. The lowest BCUT2D eigenvalue weighted by Crippen LogP contribution is -2.21. The Morgan fingerprint density at radius 3 is 2.61 bits per heavy atom. The number of carbonyl (C=O) groups excluding carboxylic acids is 2. The number of carbonyl (C=O) groups is 2. The molecule has 6 heteroatoms. The molecule has 0 aromatic heterocycles. The first-order valence-corrected chi connectivity index (χ1v) is 7.07. The van der Waals surface area contributed by atoms with E-state index in [1.807, 2.05) is 25.1 Å². The zero-order valence-corrected chi connectivity index (χ0v) is 12.6.